The van der Waals surface area contributed by atoms with Crippen LogP contribution in [-0.2, 0) is 32.2 Å². The molecule has 1 aliphatic carbocycles. The van der Waals surface area contributed by atoms with Crippen LogP contribution in [0.2, 0.25) is 0 Å². The zero-order chi connectivity index (χ0) is 29.2. The Hall–Kier alpha value is -3.30. The number of alkyl halides is 6. The van der Waals surface area contributed by atoms with Gasteiger partial charge in [-0.25, -0.2) is 14.0 Å². The first-order chi connectivity index (χ1) is 18.2. The Balaban J connectivity index is 0.000000317. The van der Waals surface area contributed by atoms with Crippen LogP contribution in [0.5, 0.6) is 0 Å². The Labute approximate surface area is 218 Å². The van der Waals surface area contributed by atoms with E-state index in [9.17, 15) is 30.7 Å². The molecule has 1 aliphatic heterocycles. The Morgan fingerprint density at radius 1 is 0.974 bits per heavy atom. The summed E-state index contributed by atoms with van der Waals surface area (Å²) in [5.74, 6) is -5.65. The van der Waals surface area contributed by atoms with Crippen LogP contribution in [0.25, 0.3) is 0 Å². The topological polar surface area (TPSA) is 109 Å². The Morgan fingerprint density at radius 2 is 1.56 bits per heavy atom. The van der Waals surface area contributed by atoms with Gasteiger partial charge < -0.3 is 19.7 Å². The number of carboxylic acid groups (broad SMARTS) is 2. The van der Waals surface area contributed by atoms with Crippen molar-refractivity contribution >= 4 is 11.9 Å². The molecule has 0 bridgehead atoms. The Morgan fingerprint density at radius 3 is 2.10 bits per heavy atom. The minimum absolute atomic E-state index is 0.0595. The molecule has 0 radical (unpaired) electrons. The maximum Gasteiger partial charge on any atom is 0.490 e. The molecule has 0 spiro atoms. The number of morpholine rings is 1. The van der Waals surface area contributed by atoms with Crippen LogP contribution in [0.1, 0.15) is 24.1 Å². The predicted octanol–water partition coefficient (Wildman–Crippen LogP) is 4.44. The lowest BCUT2D eigenvalue weighted by Gasteiger charge is -2.39. The third kappa shape index (κ3) is 10.4. The summed E-state index contributed by atoms with van der Waals surface area (Å²) in [6, 6.07) is 13.2. The van der Waals surface area contributed by atoms with Gasteiger partial charge in [-0.3, -0.25) is 9.88 Å². The number of halogens is 7. The fourth-order valence-electron chi connectivity index (χ4n) is 3.89. The van der Waals surface area contributed by atoms with Gasteiger partial charge in [-0.05, 0) is 31.0 Å². The van der Waals surface area contributed by atoms with E-state index < -0.39 is 24.3 Å². The lowest BCUT2D eigenvalue weighted by molar-refractivity contribution is -0.193. The van der Waals surface area contributed by atoms with Crippen LogP contribution < -0.4 is 0 Å². The molecule has 216 valence electrons. The van der Waals surface area contributed by atoms with E-state index in [1.807, 2.05) is 30.3 Å². The number of aromatic nitrogens is 1. The number of hydrogen-bond donors (Lipinski definition) is 2. The highest BCUT2D eigenvalue weighted by Crippen LogP contribution is 2.33. The van der Waals surface area contributed by atoms with Gasteiger partial charge in [0.2, 0.25) is 0 Å². The summed E-state index contributed by atoms with van der Waals surface area (Å²) in [5.41, 5.74) is 1.69. The van der Waals surface area contributed by atoms with Gasteiger partial charge in [-0.2, -0.15) is 26.3 Å². The summed E-state index contributed by atoms with van der Waals surface area (Å²) in [4.78, 5) is 24.4. The lowest BCUT2D eigenvalue weighted by atomic mass is 10.1. The number of ether oxygens (including phenoxy) is 2. The highest BCUT2D eigenvalue weighted by molar-refractivity contribution is 5.73. The third-order valence-electron chi connectivity index (χ3n) is 5.64. The van der Waals surface area contributed by atoms with Crippen molar-refractivity contribution in [2.24, 2.45) is 0 Å². The molecule has 8 nitrogen and oxygen atoms in total. The van der Waals surface area contributed by atoms with Gasteiger partial charge in [-0.15, -0.1) is 0 Å². The molecule has 1 saturated heterocycles. The number of benzene rings is 1. The number of carboxylic acids is 2. The summed E-state index contributed by atoms with van der Waals surface area (Å²) in [6.45, 7) is 2.64. The summed E-state index contributed by atoms with van der Waals surface area (Å²) < 4.78 is 89.6. The van der Waals surface area contributed by atoms with E-state index in [0.717, 1.165) is 30.6 Å². The maximum atomic E-state index is 14.0. The van der Waals surface area contributed by atoms with Gasteiger partial charge in [0.05, 0.1) is 31.1 Å². The van der Waals surface area contributed by atoms with Crippen molar-refractivity contribution in [3.05, 3.63) is 65.7 Å². The molecule has 15 heteroatoms. The zero-order valence-corrected chi connectivity index (χ0v) is 20.2. The summed E-state index contributed by atoms with van der Waals surface area (Å²) in [5, 5.41) is 14.2. The van der Waals surface area contributed by atoms with Crippen molar-refractivity contribution < 1.29 is 60.0 Å². The molecule has 0 unspecified atom stereocenters. The average Bonchev–Trinajstić information content (AvgIpc) is 3.28. The van der Waals surface area contributed by atoms with Crippen LogP contribution in [0, 0.1) is 5.82 Å². The first-order valence-electron chi connectivity index (χ1n) is 11.4. The normalized spacial score (nSPS) is 21.1. The average molecular weight is 570 g/mol. The van der Waals surface area contributed by atoms with Crippen LogP contribution in [0.3, 0.4) is 0 Å². The number of carbonyl (C=O) groups is 2. The highest BCUT2D eigenvalue weighted by Gasteiger charge is 2.43. The van der Waals surface area contributed by atoms with Crippen molar-refractivity contribution in [2.75, 3.05) is 13.2 Å². The van der Waals surface area contributed by atoms with Gasteiger partial charge in [0.15, 0.2) is 0 Å². The molecule has 1 aromatic carbocycles. The highest BCUT2D eigenvalue weighted by atomic mass is 19.4. The van der Waals surface area contributed by atoms with Crippen molar-refractivity contribution in [3.8, 4) is 0 Å². The number of pyridine rings is 1. The quantitative estimate of drug-likeness (QED) is 0.509. The largest absolute Gasteiger partial charge is 0.490 e. The number of rotatable bonds is 5. The molecule has 3 atom stereocenters. The van der Waals surface area contributed by atoms with Crippen molar-refractivity contribution in [1.29, 1.82) is 0 Å². The molecule has 2 aromatic rings. The summed E-state index contributed by atoms with van der Waals surface area (Å²) in [6.07, 6.45) is -6.26. The Kier molecular flexibility index (Phi) is 11.6. The minimum Gasteiger partial charge on any atom is -0.475 e. The predicted molar refractivity (Wildman–Crippen MR) is 120 cm³/mol. The monoisotopic (exact) mass is 570 g/mol. The van der Waals surface area contributed by atoms with Crippen molar-refractivity contribution in [3.63, 3.8) is 0 Å². The van der Waals surface area contributed by atoms with Crippen LogP contribution in [0.4, 0.5) is 30.7 Å². The van der Waals surface area contributed by atoms with Crippen LogP contribution in [-0.4, -0.2) is 75.8 Å². The number of fused-ring (bicyclic) bond motifs is 1. The maximum absolute atomic E-state index is 14.0. The first-order valence-corrected chi connectivity index (χ1v) is 11.4. The lowest BCUT2D eigenvalue weighted by Crippen LogP contribution is -2.51. The molecule has 2 N–H and O–H groups in total. The summed E-state index contributed by atoms with van der Waals surface area (Å²) >= 11 is 0. The van der Waals surface area contributed by atoms with E-state index in [1.54, 1.807) is 12.3 Å². The molecule has 0 amide bonds. The molecule has 1 aromatic heterocycles. The third-order valence-corrected chi connectivity index (χ3v) is 5.64. The van der Waals surface area contributed by atoms with E-state index in [2.05, 4.69) is 9.88 Å². The number of hydrogen-bond acceptors (Lipinski definition) is 6. The fourth-order valence-corrected chi connectivity index (χ4v) is 3.89. The van der Waals surface area contributed by atoms with Gasteiger partial charge in [-0.1, -0.05) is 24.3 Å². The van der Waals surface area contributed by atoms with Gasteiger partial charge in [0.25, 0.3) is 0 Å². The second kappa shape index (κ2) is 14.2. The fraction of sp³-hybridized carbons (Fsp3) is 0.458. The Bertz CT molecular complexity index is 1040. The van der Waals surface area contributed by atoms with Gasteiger partial charge >= 0.3 is 24.3 Å². The molecule has 2 fully saturated rings. The molecule has 4 rings (SSSR count). The molecular weight excluding hydrogens is 545 g/mol. The molecular formula is C24H25F7N2O6. The standard InChI is InChI=1S/C20H23FN2O2.2C2HF3O2/c21-17-7-2-1-5-15(17)13-23-11-12-24-20-18(23)8-9-19(20)25-14-16-6-3-4-10-22-16;2*3-2(4,5)1(6)7/h1-7,10,18-20H,8-9,11-14H2;2*(H,6,7)/t18-,19+,20+;;/m0../s1. The zero-order valence-electron chi connectivity index (χ0n) is 20.2. The molecule has 1 saturated carbocycles. The van der Waals surface area contributed by atoms with Crippen LogP contribution >= 0.6 is 0 Å². The second-order valence-electron chi connectivity index (χ2n) is 8.32. The van der Waals surface area contributed by atoms with Gasteiger partial charge in [0.1, 0.15) is 5.82 Å². The van der Waals surface area contributed by atoms with E-state index in [1.165, 1.54) is 6.07 Å². The van der Waals surface area contributed by atoms with Crippen molar-refractivity contribution in [1.82, 2.24) is 9.88 Å². The second-order valence-corrected chi connectivity index (χ2v) is 8.32. The molecule has 2 aliphatic rings. The molecule has 39 heavy (non-hydrogen) atoms. The SMILES string of the molecule is Fc1ccccc1CN1CCO[C@H]2[C@H](OCc3ccccn3)CC[C@@H]21.O=C(O)C(F)(F)F.O=C(O)C(F)(F)F. The smallest absolute Gasteiger partial charge is 0.475 e. The van der Waals surface area contributed by atoms with Crippen molar-refractivity contribution in [2.45, 2.75) is 56.6 Å². The van der Waals surface area contributed by atoms with Gasteiger partial charge in [0, 0.05) is 30.9 Å². The van der Waals surface area contributed by atoms with E-state index >= 15 is 0 Å². The summed E-state index contributed by atoms with van der Waals surface area (Å²) in [7, 11) is 0. The molecule has 2 heterocycles. The number of nitrogens with zero attached hydrogens (tertiary/aromatic N) is 2. The van der Waals surface area contributed by atoms with E-state index in [-0.39, 0.29) is 18.0 Å². The number of aliphatic carboxylic acids is 2. The van der Waals surface area contributed by atoms with E-state index in [4.69, 9.17) is 29.3 Å². The first kappa shape index (κ1) is 31.9. The van der Waals surface area contributed by atoms with Crippen LogP contribution in [0.15, 0.2) is 48.7 Å². The minimum atomic E-state index is -5.08. The van der Waals surface area contributed by atoms with E-state index in [0.29, 0.717) is 25.8 Å².